The van der Waals surface area contributed by atoms with Gasteiger partial charge in [-0.3, -0.25) is 4.98 Å². The Kier molecular flexibility index (Phi) is 6.98. The molecule has 0 bridgehead atoms. The van der Waals surface area contributed by atoms with Crippen molar-refractivity contribution < 1.29 is 0 Å². The first-order valence-electron chi connectivity index (χ1n) is 9.29. The van der Waals surface area contributed by atoms with Gasteiger partial charge >= 0.3 is 0 Å². The predicted octanol–water partition coefficient (Wildman–Crippen LogP) is 2.56. The van der Waals surface area contributed by atoms with E-state index in [-0.39, 0.29) is 0 Å². The Morgan fingerprint density at radius 2 is 1.85 bits per heavy atom. The monoisotopic (exact) mass is 362 g/mol. The third-order valence-electron chi connectivity index (χ3n) is 4.31. The molecule has 0 saturated carbocycles. The van der Waals surface area contributed by atoms with Crippen molar-refractivity contribution >= 4 is 5.96 Å². The summed E-state index contributed by atoms with van der Waals surface area (Å²) in [5.41, 5.74) is 8.36. The number of aryl methyl sites for hydroxylation is 2. The minimum atomic E-state index is 0.435. The van der Waals surface area contributed by atoms with Gasteiger partial charge in [0.05, 0.1) is 0 Å². The van der Waals surface area contributed by atoms with Gasteiger partial charge in [0.25, 0.3) is 0 Å². The second-order valence-electron chi connectivity index (χ2n) is 6.33. The summed E-state index contributed by atoms with van der Waals surface area (Å²) in [6.07, 6.45) is 8.54. The van der Waals surface area contributed by atoms with E-state index in [4.69, 9.17) is 5.73 Å². The third kappa shape index (κ3) is 6.26. The molecule has 1 aromatic carbocycles. The van der Waals surface area contributed by atoms with Crippen molar-refractivity contribution in [3.05, 3.63) is 84.2 Å². The summed E-state index contributed by atoms with van der Waals surface area (Å²) in [5, 5.41) is 3.13. The maximum Gasteiger partial charge on any atom is 0.189 e. The molecular weight excluding hydrogens is 336 g/mol. The molecule has 140 valence electrons. The van der Waals surface area contributed by atoms with Crippen molar-refractivity contribution in [2.24, 2.45) is 10.7 Å². The van der Waals surface area contributed by atoms with E-state index < -0.39 is 0 Å². The highest BCUT2D eigenvalue weighted by Crippen LogP contribution is 2.06. The molecule has 0 atom stereocenters. The molecule has 0 saturated heterocycles. The van der Waals surface area contributed by atoms with Crippen LogP contribution in [0.2, 0.25) is 0 Å². The average Bonchev–Trinajstić information content (AvgIpc) is 3.15. The standard InChI is InChI=1S/C21H26N6/c22-21(25-13-11-19-10-4-5-12-23-19)26-17-20-24-14-16-27(20)15-6-9-18-7-2-1-3-8-18/h1-5,7-8,10,12,14,16H,6,9,11,13,15,17H2,(H3,22,25,26). The number of hydrogen-bond donors (Lipinski definition) is 2. The molecule has 27 heavy (non-hydrogen) atoms. The van der Waals surface area contributed by atoms with Crippen molar-refractivity contribution in [1.29, 1.82) is 0 Å². The molecule has 0 aliphatic heterocycles. The lowest BCUT2D eigenvalue weighted by Crippen LogP contribution is -2.33. The molecule has 0 unspecified atom stereocenters. The van der Waals surface area contributed by atoms with E-state index in [0.717, 1.165) is 37.3 Å². The highest BCUT2D eigenvalue weighted by atomic mass is 15.1. The van der Waals surface area contributed by atoms with Crippen LogP contribution in [0.3, 0.4) is 0 Å². The zero-order chi connectivity index (χ0) is 18.7. The maximum atomic E-state index is 5.96. The first-order valence-corrected chi connectivity index (χ1v) is 9.29. The molecule has 0 spiro atoms. The molecule has 6 nitrogen and oxygen atoms in total. The fourth-order valence-corrected chi connectivity index (χ4v) is 2.87. The Hall–Kier alpha value is -3.15. The number of pyridine rings is 1. The zero-order valence-electron chi connectivity index (χ0n) is 15.5. The lowest BCUT2D eigenvalue weighted by Gasteiger charge is -2.08. The van der Waals surface area contributed by atoms with Gasteiger partial charge in [-0.15, -0.1) is 0 Å². The molecule has 3 aromatic rings. The summed E-state index contributed by atoms with van der Waals surface area (Å²) in [7, 11) is 0. The molecule has 0 radical (unpaired) electrons. The molecule has 0 aliphatic carbocycles. The van der Waals surface area contributed by atoms with E-state index in [1.165, 1.54) is 5.56 Å². The van der Waals surface area contributed by atoms with Gasteiger partial charge < -0.3 is 15.6 Å². The Labute approximate surface area is 160 Å². The quantitative estimate of drug-likeness (QED) is 0.453. The maximum absolute atomic E-state index is 5.96. The average molecular weight is 362 g/mol. The molecule has 0 amide bonds. The Morgan fingerprint density at radius 1 is 1.00 bits per heavy atom. The van der Waals surface area contributed by atoms with Crippen LogP contribution in [0.15, 0.2) is 72.1 Å². The second-order valence-corrected chi connectivity index (χ2v) is 6.33. The lowest BCUT2D eigenvalue weighted by atomic mass is 10.1. The van der Waals surface area contributed by atoms with Crippen LogP contribution >= 0.6 is 0 Å². The van der Waals surface area contributed by atoms with E-state index in [1.807, 2.05) is 36.7 Å². The van der Waals surface area contributed by atoms with Gasteiger partial charge in [0.2, 0.25) is 0 Å². The Bertz CT molecular complexity index is 826. The first kappa shape index (κ1) is 18.6. The molecule has 2 aromatic heterocycles. The topological polar surface area (TPSA) is 81.1 Å². The normalized spacial score (nSPS) is 11.5. The van der Waals surface area contributed by atoms with Crippen molar-refractivity contribution in [2.75, 3.05) is 6.54 Å². The van der Waals surface area contributed by atoms with Crippen LogP contribution in [0.5, 0.6) is 0 Å². The Balaban J connectivity index is 1.42. The summed E-state index contributed by atoms with van der Waals surface area (Å²) in [6.45, 7) is 2.10. The van der Waals surface area contributed by atoms with Crippen LogP contribution in [0, 0.1) is 0 Å². The number of imidazole rings is 1. The fourth-order valence-electron chi connectivity index (χ4n) is 2.87. The number of hydrogen-bond acceptors (Lipinski definition) is 3. The van der Waals surface area contributed by atoms with E-state index in [1.54, 1.807) is 6.20 Å². The summed E-state index contributed by atoms with van der Waals surface area (Å²) < 4.78 is 2.15. The zero-order valence-corrected chi connectivity index (χ0v) is 15.5. The SMILES string of the molecule is NC(=NCc1nccn1CCCc1ccccc1)NCCc1ccccn1. The van der Waals surface area contributed by atoms with Gasteiger partial charge in [0, 0.05) is 43.8 Å². The summed E-state index contributed by atoms with van der Waals surface area (Å²) in [4.78, 5) is 13.1. The van der Waals surface area contributed by atoms with Gasteiger partial charge in [-0.25, -0.2) is 9.98 Å². The number of nitrogens with one attached hydrogen (secondary N) is 1. The number of nitrogens with zero attached hydrogens (tertiary/aromatic N) is 4. The van der Waals surface area contributed by atoms with Crippen molar-refractivity contribution in [2.45, 2.75) is 32.4 Å². The fraction of sp³-hybridized carbons (Fsp3) is 0.286. The van der Waals surface area contributed by atoms with Crippen LogP contribution in [-0.2, 0) is 25.9 Å². The highest BCUT2D eigenvalue weighted by Gasteiger charge is 2.03. The number of aliphatic imine (C=N–C) groups is 1. The van der Waals surface area contributed by atoms with E-state index in [2.05, 4.69) is 49.1 Å². The molecule has 3 N–H and O–H groups in total. The number of aromatic nitrogens is 3. The highest BCUT2D eigenvalue weighted by molar-refractivity contribution is 5.77. The molecule has 0 fully saturated rings. The Morgan fingerprint density at radius 3 is 2.67 bits per heavy atom. The summed E-state index contributed by atoms with van der Waals surface area (Å²) in [6, 6.07) is 16.4. The van der Waals surface area contributed by atoms with Crippen molar-refractivity contribution in [3.8, 4) is 0 Å². The smallest absolute Gasteiger partial charge is 0.189 e. The number of nitrogens with two attached hydrogens (primary N) is 1. The van der Waals surface area contributed by atoms with Gasteiger partial charge in [0.1, 0.15) is 12.4 Å². The van der Waals surface area contributed by atoms with Crippen LogP contribution in [-0.4, -0.2) is 27.0 Å². The van der Waals surface area contributed by atoms with E-state index in [9.17, 15) is 0 Å². The largest absolute Gasteiger partial charge is 0.370 e. The summed E-state index contributed by atoms with van der Waals surface area (Å²) >= 11 is 0. The molecule has 3 rings (SSSR count). The van der Waals surface area contributed by atoms with Gasteiger partial charge in [-0.2, -0.15) is 0 Å². The number of rotatable bonds is 9. The molecule has 0 aliphatic rings. The van der Waals surface area contributed by atoms with E-state index in [0.29, 0.717) is 19.0 Å². The molecule has 6 heteroatoms. The third-order valence-corrected chi connectivity index (χ3v) is 4.31. The molecular formula is C21H26N6. The van der Waals surface area contributed by atoms with Crippen molar-refractivity contribution in [1.82, 2.24) is 19.9 Å². The number of guanidine groups is 1. The van der Waals surface area contributed by atoms with Crippen LogP contribution in [0.4, 0.5) is 0 Å². The van der Waals surface area contributed by atoms with Crippen LogP contribution in [0.25, 0.3) is 0 Å². The van der Waals surface area contributed by atoms with Crippen LogP contribution in [0.1, 0.15) is 23.5 Å². The first-order chi connectivity index (χ1) is 13.3. The minimum absolute atomic E-state index is 0.435. The predicted molar refractivity (Wildman–Crippen MR) is 108 cm³/mol. The van der Waals surface area contributed by atoms with Crippen molar-refractivity contribution in [3.63, 3.8) is 0 Å². The second kappa shape index (κ2) is 10.1. The molecule has 2 heterocycles. The minimum Gasteiger partial charge on any atom is -0.370 e. The van der Waals surface area contributed by atoms with E-state index >= 15 is 0 Å². The van der Waals surface area contributed by atoms with Gasteiger partial charge in [-0.1, -0.05) is 36.4 Å². The summed E-state index contributed by atoms with van der Waals surface area (Å²) in [5.74, 6) is 1.36. The van der Waals surface area contributed by atoms with Crippen LogP contribution < -0.4 is 11.1 Å². The lowest BCUT2D eigenvalue weighted by molar-refractivity contribution is 0.611. The van der Waals surface area contributed by atoms with Gasteiger partial charge in [0.15, 0.2) is 5.96 Å². The van der Waals surface area contributed by atoms with Gasteiger partial charge in [-0.05, 0) is 30.5 Å². The number of benzene rings is 1.